The molecule has 0 aliphatic heterocycles. The van der Waals surface area contributed by atoms with Crippen molar-refractivity contribution in [3.63, 3.8) is 0 Å². The van der Waals surface area contributed by atoms with Crippen LogP contribution in [0.4, 0.5) is 0 Å². The second-order valence-electron chi connectivity index (χ2n) is 4.52. The van der Waals surface area contributed by atoms with Gasteiger partial charge in [0.25, 0.3) is 5.56 Å². The second-order valence-corrected chi connectivity index (χ2v) is 5.28. The highest BCUT2D eigenvalue weighted by atomic mass is 79.9. The Bertz CT molecular complexity index is 614. The Balaban J connectivity index is 2.26. The van der Waals surface area contributed by atoms with Crippen LogP contribution < -0.4 is 5.56 Å². The minimum absolute atomic E-state index is 0.0377. The van der Waals surface area contributed by atoms with Gasteiger partial charge in [0, 0.05) is 5.39 Å². The van der Waals surface area contributed by atoms with Crippen LogP contribution in [0.15, 0.2) is 33.7 Å². The molecule has 1 aliphatic rings. The first-order valence-corrected chi connectivity index (χ1v) is 6.74. The Morgan fingerprint density at radius 2 is 1.82 bits per heavy atom. The quantitative estimate of drug-likeness (QED) is 0.808. The molecule has 4 heteroatoms. The van der Waals surface area contributed by atoms with E-state index in [0.717, 1.165) is 28.2 Å². The molecule has 0 bridgehead atoms. The summed E-state index contributed by atoms with van der Waals surface area (Å²) in [6.07, 6.45) is 4.53. The molecule has 0 radical (unpaired) electrons. The fraction of sp³-hybridized carbons (Fsp3) is 0.385. The van der Waals surface area contributed by atoms with Crippen molar-refractivity contribution in [2.24, 2.45) is 0 Å². The average Bonchev–Trinajstić information content (AvgIpc) is 2.87. The highest BCUT2D eigenvalue weighted by molar-refractivity contribution is 9.10. The summed E-state index contributed by atoms with van der Waals surface area (Å²) in [4.78, 5) is 12.3. The van der Waals surface area contributed by atoms with E-state index in [-0.39, 0.29) is 11.6 Å². The predicted molar refractivity (Wildman–Crippen MR) is 71.2 cm³/mol. The highest BCUT2D eigenvalue weighted by Gasteiger charge is 2.20. The molecule has 3 nitrogen and oxygen atoms in total. The number of rotatable bonds is 1. The SMILES string of the molecule is O=c1c2ccccc2c(Br)nn1C1CCCC1. The molecule has 1 aromatic heterocycles. The van der Waals surface area contributed by atoms with E-state index in [4.69, 9.17) is 0 Å². The summed E-state index contributed by atoms with van der Waals surface area (Å²) in [6.45, 7) is 0. The van der Waals surface area contributed by atoms with Gasteiger partial charge in [-0.2, -0.15) is 5.10 Å². The van der Waals surface area contributed by atoms with E-state index in [0.29, 0.717) is 0 Å². The van der Waals surface area contributed by atoms with Gasteiger partial charge in [-0.15, -0.1) is 0 Å². The second kappa shape index (κ2) is 4.26. The van der Waals surface area contributed by atoms with Crippen molar-refractivity contribution in [1.29, 1.82) is 0 Å². The number of fused-ring (bicyclic) bond motifs is 1. The first-order valence-electron chi connectivity index (χ1n) is 5.94. The Hall–Kier alpha value is -1.16. The van der Waals surface area contributed by atoms with E-state index in [2.05, 4.69) is 21.0 Å². The molecular weight excluding hydrogens is 280 g/mol. The van der Waals surface area contributed by atoms with E-state index in [9.17, 15) is 4.79 Å². The summed E-state index contributed by atoms with van der Waals surface area (Å²) in [5.74, 6) is 0. The maximum Gasteiger partial charge on any atom is 0.274 e. The topological polar surface area (TPSA) is 34.9 Å². The summed E-state index contributed by atoms with van der Waals surface area (Å²) in [5, 5.41) is 6.05. The average molecular weight is 293 g/mol. The number of hydrogen-bond donors (Lipinski definition) is 0. The molecule has 0 saturated heterocycles. The van der Waals surface area contributed by atoms with Crippen LogP contribution in [0.25, 0.3) is 10.8 Å². The van der Waals surface area contributed by atoms with Gasteiger partial charge in [0.15, 0.2) is 0 Å². The van der Waals surface area contributed by atoms with Crippen LogP contribution in [0.1, 0.15) is 31.7 Å². The lowest BCUT2D eigenvalue weighted by atomic mass is 10.2. The molecule has 0 spiro atoms. The van der Waals surface area contributed by atoms with Gasteiger partial charge in [0.2, 0.25) is 0 Å². The van der Waals surface area contributed by atoms with Crippen molar-refractivity contribution in [2.75, 3.05) is 0 Å². The van der Waals surface area contributed by atoms with Gasteiger partial charge in [-0.1, -0.05) is 31.0 Å². The molecule has 1 saturated carbocycles. The zero-order valence-corrected chi connectivity index (χ0v) is 11.0. The number of benzene rings is 1. The summed E-state index contributed by atoms with van der Waals surface area (Å²) < 4.78 is 2.43. The fourth-order valence-corrected chi connectivity index (χ4v) is 3.08. The fourth-order valence-electron chi connectivity index (χ4n) is 2.56. The minimum Gasteiger partial charge on any atom is -0.267 e. The van der Waals surface area contributed by atoms with Crippen molar-refractivity contribution >= 4 is 26.7 Å². The smallest absolute Gasteiger partial charge is 0.267 e. The van der Waals surface area contributed by atoms with Crippen LogP contribution in [0.2, 0.25) is 0 Å². The molecule has 1 heterocycles. The van der Waals surface area contributed by atoms with Crippen molar-refractivity contribution in [2.45, 2.75) is 31.7 Å². The van der Waals surface area contributed by atoms with E-state index >= 15 is 0 Å². The van der Waals surface area contributed by atoms with E-state index in [1.165, 1.54) is 12.8 Å². The van der Waals surface area contributed by atoms with Crippen LogP contribution in [0, 0.1) is 0 Å². The molecule has 0 amide bonds. The maximum atomic E-state index is 12.3. The molecular formula is C13H13BrN2O. The van der Waals surface area contributed by atoms with Crippen molar-refractivity contribution in [3.8, 4) is 0 Å². The first-order chi connectivity index (χ1) is 8.27. The van der Waals surface area contributed by atoms with E-state index in [1.54, 1.807) is 4.68 Å². The number of hydrogen-bond acceptors (Lipinski definition) is 2. The molecule has 0 N–H and O–H groups in total. The van der Waals surface area contributed by atoms with Gasteiger partial charge in [-0.25, -0.2) is 4.68 Å². The third kappa shape index (κ3) is 1.80. The molecule has 17 heavy (non-hydrogen) atoms. The zero-order valence-electron chi connectivity index (χ0n) is 9.40. The third-order valence-electron chi connectivity index (χ3n) is 3.45. The molecule has 1 aromatic carbocycles. The lowest BCUT2D eigenvalue weighted by Gasteiger charge is -2.13. The van der Waals surface area contributed by atoms with E-state index in [1.807, 2.05) is 24.3 Å². The van der Waals surface area contributed by atoms with Crippen molar-refractivity contribution in [1.82, 2.24) is 9.78 Å². The highest BCUT2D eigenvalue weighted by Crippen LogP contribution is 2.29. The summed E-state index contributed by atoms with van der Waals surface area (Å²) in [7, 11) is 0. The summed E-state index contributed by atoms with van der Waals surface area (Å²) >= 11 is 3.46. The summed E-state index contributed by atoms with van der Waals surface area (Å²) in [6, 6.07) is 7.90. The first kappa shape index (κ1) is 11.0. The molecule has 88 valence electrons. The van der Waals surface area contributed by atoms with Crippen LogP contribution in [0.5, 0.6) is 0 Å². The Kier molecular flexibility index (Phi) is 2.74. The van der Waals surface area contributed by atoms with Gasteiger partial charge >= 0.3 is 0 Å². The molecule has 0 unspecified atom stereocenters. The van der Waals surface area contributed by atoms with E-state index < -0.39 is 0 Å². The number of nitrogens with zero attached hydrogens (tertiary/aromatic N) is 2. The third-order valence-corrected chi connectivity index (χ3v) is 4.04. The van der Waals surface area contributed by atoms with Gasteiger partial charge in [0.05, 0.1) is 11.4 Å². The normalized spacial score (nSPS) is 16.8. The maximum absolute atomic E-state index is 12.3. The van der Waals surface area contributed by atoms with Crippen molar-refractivity contribution < 1.29 is 0 Å². The van der Waals surface area contributed by atoms with Crippen LogP contribution in [-0.2, 0) is 0 Å². The van der Waals surface area contributed by atoms with Crippen LogP contribution in [-0.4, -0.2) is 9.78 Å². The monoisotopic (exact) mass is 292 g/mol. The zero-order chi connectivity index (χ0) is 11.8. The van der Waals surface area contributed by atoms with Crippen molar-refractivity contribution in [3.05, 3.63) is 39.2 Å². The van der Waals surface area contributed by atoms with Gasteiger partial charge in [-0.05, 0) is 34.8 Å². The lowest BCUT2D eigenvalue weighted by molar-refractivity contribution is 0.444. The Morgan fingerprint density at radius 1 is 1.18 bits per heavy atom. The van der Waals surface area contributed by atoms with Gasteiger partial charge in [0.1, 0.15) is 4.60 Å². The van der Waals surface area contributed by atoms with Gasteiger partial charge < -0.3 is 0 Å². The predicted octanol–water partition coefficient (Wildman–Crippen LogP) is 3.27. The minimum atomic E-state index is 0.0377. The number of halogens is 1. The number of aromatic nitrogens is 2. The standard InChI is InChI=1S/C13H13BrN2O/c14-12-10-7-3-4-8-11(10)13(17)16(15-12)9-5-1-2-6-9/h3-4,7-9H,1-2,5-6H2. The van der Waals surface area contributed by atoms with Crippen LogP contribution in [0.3, 0.4) is 0 Å². The molecule has 0 atom stereocenters. The lowest BCUT2D eigenvalue weighted by Crippen LogP contribution is -2.26. The molecule has 1 aliphatic carbocycles. The Morgan fingerprint density at radius 3 is 2.53 bits per heavy atom. The molecule has 2 aromatic rings. The largest absolute Gasteiger partial charge is 0.274 e. The molecule has 1 fully saturated rings. The molecule has 3 rings (SSSR count). The Labute approximate surface area is 108 Å². The van der Waals surface area contributed by atoms with Gasteiger partial charge in [-0.3, -0.25) is 4.79 Å². The summed E-state index contributed by atoms with van der Waals surface area (Å²) in [5.41, 5.74) is 0.0377. The van der Waals surface area contributed by atoms with Crippen LogP contribution >= 0.6 is 15.9 Å².